The Morgan fingerprint density at radius 3 is 2.57 bits per heavy atom. The molecule has 0 saturated heterocycles. The van der Waals surface area contributed by atoms with Gasteiger partial charge in [-0.2, -0.15) is 0 Å². The minimum Gasteiger partial charge on any atom is -0.496 e. The highest BCUT2D eigenvalue weighted by Gasteiger charge is 2.33. The molecular weight excluding hydrogens is 286 g/mol. The predicted octanol–water partition coefficient (Wildman–Crippen LogP) is 4.09. The number of carbonyl (C=O) groups is 1. The van der Waals surface area contributed by atoms with Crippen molar-refractivity contribution in [1.29, 1.82) is 0 Å². The van der Waals surface area contributed by atoms with Crippen LogP contribution in [0.25, 0.3) is 0 Å². The molecule has 1 aliphatic rings. The van der Waals surface area contributed by atoms with Gasteiger partial charge in [-0.25, -0.2) is 0 Å². The van der Waals surface area contributed by atoms with Crippen LogP contribution >= 0.6 is 0 Å². The Balaban J connectivity index is 2.00. The fraction of sp³-hybridized carbons (Fsp3) is 0.350. The molecule has 3 nitrogen and oxygen atoms in total. The third-order valence-corrected chi connectivity index (χ3v) is 4.56. The summed E-state index contributed by atoms with van der Waals surface area (Å²) in [7, 11) is 1.61. The van der Waals surface area contributed by atoms with Crippen molar-refractivity contribution in [3.05, 3.63) is 65.2 Å². The van der Waals surface area contributed by atoms with Crippen LogP contribution in [0.4, 0.5) is 0 Å². The lowest BCUT2D eigenvalue weighted by atomic mass is 9.86. The van der Waals surface area contributed by atoms with Crippen LogP contribution in [0.5, 0.6) is 5.75 Å². The maximum Gasteiger partial charge on any atom is 0.258 e. The van der Waals surface area contributed by atoms with Gasteiger partial charge in [-0.15, -0.1) is 0 Å². The van der Waals surface area contributed by atoms with Crippen LogP contribution < -0.4 is 4.74 Å². The molecular formula is C20H23NO2. The summed E-state index contributed by atoms with van der Waals surface area (Å²) in [5.41, 5.74) is 3.27. The number of nitrogens with zero attached hydrogens (tertiary/aromatic N) is 1. The van der Waals surface area contributed by atoms with Crippen molar-refractivity contribution in [1.82, 2.24) is 4.90 Å². The van der Waals surface area contributed by atoms with E-state index >= 15 is 0 Å². The predicted molar refractivity (Wildman–Crippen MR) is 91.8 cm³/mol. The van der Waals surface area contributed by atoms with Crippen molar-refractivity contribution >= 4 is 5.91 Å². The van der Waals surface area contributed by atoms with Crippen LogP contribution in [0.15, 0.2) is 48.5 Å². The van der Waals surface area contributed by atoms with E-state index < -0.39 is 0 Å². The zero-order valence-corrected chi connectivity index (χ0v) is 14.0. The quantitative estimate of drug-likeness (QED) is 0.854. The number of amides is 1. The Labute approximate surface area is 137 Å². The number of ether oxygens (including phenoxy) is 1. The molecule has 1 amide bonds. The number of hydrogen-bond acceptors (Lipinski definition) is 2. The van der Waals surface area contributed by atoms with E-state index in [4.69, 9.17) is 4.74 Å². The molecule has 120 valence electrons. The average molecular weight is 309 g/mol. The number of fused-ring (bicyclic) bond motifs is 1. The van der Waals surface area contributed by atoms with Crippen LogP contribution in [0, 0.1) is 5.92 Å². The average Bonchev–Trinajstić information content (AvgIpc) is 2.59. The number of rotatable bonds is 3. The highest BCUT2D eigenvalue weighted by Crippen LogP contribution is 2.36. The van der Waals surface area contributed by atoms with Gasteiger partial charge in [0.1, 0.15) is 5.75 Å². The molecule has 0 aliphatic carbocycles. The molecule has 3 rings (SSSR count). The number of benzene rings is 2. The first kappa shape index (κ1) is 15.6. The summed E-state index contributed by atoms with van der Waals surface area (Å²) >= 11 is 0. The Hall–Kier alpha value is -2.29. The molecule has 2 aromatic carbocycles. The molecule has 1 aliphatic heterocycles. The summed E-state index contributed by atoms with van der Waals surface area (Å²) in [6.07, 6.45) is 0.903. The molecule has 0 saturated carbocycles. The van der Waals surface area contributed by atoms with Crippen molar-refractivity contribution in [3.63, 3.8) is 0 Å². The second-order valence-corrected chi connectivity index (χ2v) is 6.34. The Kier molecular flexibility index (Phi) is 4.37. The van der Waals surface area contributed by atoms with Crippen molar-refractivity contribution in [3.8, 4) is 5.75 Å². The molecule has 23 heavy (non-hydrogen) atoms. The zero-order chi connectivity index (χ0) is 16.4. The maximum atomic E-state index is 13.2. The fourth-order valence-corrected chi connectivity index (χ4v) is 3.52. The number of carbonyl (C=O) groups excluding carboxylic acids is 1. The van der Waals surface area contributed by atoms with Gasteiger partial charge in [-0.3, -0.25) is 4.79 Å². The monoisotopic (exact) mass is 309 g/mol. The molecule has 1 heterocycles. The Morgan fingerprint density at radius 1 is 1.13 bits per heavy atom. The van der Waals surface area contributed by atoms with E-state index in [0.717, 1.165) is 13.0 Å². The lowest BCUT2D eigenvalue weighted by Gasteiger charge is -2.40. The lowest BCUT2D eigenvalue weighted by molar-refractivity contribution is 0.0600. The second-order valence-electron chi connectivity index (χ2n) is 6.34. The van der Waals surface area contributed by atoms with E-state index in [1.807, 2.05) is 29.2 Å². The van der Waals surface area contributed by atoms with Gasteiger partial charge < -0.3 is 9.64 Å². The summed E-state index contributed by atoms with van der Waals surface area (Å²) in [4.78, 5) is 15.2. The first-order chi connectivity index (χ1) is 11.1. The molecule has 0 radical (unpaired) electrons. The lowest BCUT2D eigenvalue weighted by Crippen LogP contribution is -2.42. The van der Waals surface area contributed by atoms with E-state index in [9.17, 15) is 4.79 Å². The van der Waals surface area contributed by atoms with Crippen LogP contribution in [0.2, 0.25) is 0 Å². The largest absolute Gasteiger partial charge is 0.496 e. The normalized spacial score (nSPS) is 17.0. The van der Waals surface area contributed by atoms with Gasteiger partial charge in [-0.05, 0) is 35.6 Å². The summed E-state index contributed by atoms with van der Waals surface area (Å²) in [5.74, 6) is 1.05. The van der Waals surface area contributed by atoms with Gasteiger partial charge in [-0.1, -0.05) is 50.2 Å². The van der Waals surface area contributed by atoms with Crippen molar-refractivity contribution in [2.75, 3.05) is 13.7 Å². The van der Waals surface area contributed by atoms with Gasteiger partial charge in [0.25, 0.3) is 5.91 Å². The van der Waals surface area contributed by atoms with E-state index in [0.29, 0.717) is 17.2 Å². The molecule has 0 fully saturated rings. The van der Waals surface area contributed by atoms with Crippen LogP contribution in [0.1, 0.15) is 41.4 Å². The third kappa shape index (κ3) is 2.83. The maximum absolute atomic E-state index is 13.2. The van der Waals surface area contributed by atoms with Gasteiger partial charge in [0.2, 0.25) is 0 Å². The second kappa shape index (κ2) is 6.45. The van der Waals surface area contributed by atoms with Crippen molar-refractivity contribution in [2.24, 2.45) is 5.92 Å². The molecule has 2 aromatic rings. The minimum atomic E-state index is 0.0515. The van der Waals surface area contributed by atoms with Crippen LogP contribution in [-0.4, -0.2) is 24.5 Å². The Bertz CT molecular complexity index is 708. The highest BCUT2D eigenvalue weighted by molar-refractivity contribution is 5.97. The van der Waals surface area contributed by atoms with E-state index in [1.165, 1.54) is 11.1 Å². The summed E-state index contributed by atoms with van der Waals surface area (Å²) < 4.78 is 5.37. The van der Waals surface area contributed by atoms with Crippen LogP contribution in [-0.2, 0) is 6.42 Å². The molecule has 0 bridgehead atoms. The third-order valence-electron chi connectivity index (χ3n) is 4.56. The van der Waals surface area contributed by atoms with Gasteiger partial charge in [0, 0.05) is 6.54 Å². The molecule has 1 atom stereocenters. The van der Waals surface area contributed by atoms with Gasteiger partial charge in [0.05, 0.1) is 18.7 Å². The van der Waals surface area contributed by atoms with E-state index in [-0.39, 0.29) is 11.9 Å². The molecule has 0 aromatic heterocycles. The van der Waals surface area contributed by atoms with Crippen molar-refractivity contribution < 1.29 is 9.53 Å². The Morgan fingerprint density at radius 2 is 1.83 bits per heavy atom. The topological polar surface area (TPSA) is 29.5 Å². The fourth-order valence-electron chi connectivity index (χ4n) is 3.52. The summed E-state index contributed by atoms with van der Waals surface area (Å²) in [6, 6.07) is 16.0. The summed E-state index contributed by atoms with van der Waals surface area (Å²) in [5, 5.41) is 0. The van der Waals surface area contributed by atoms with Gasteiger partial charge in [0.15, 0.2) is 0 Å². The van der Waals surface area contributed by atoms with E-state index in [2.05, 4.69) is 38.1 Å². The van der Waals surface area contributed by atoms with Crippen molar-refractivity contribution in [2.45, 2.75) is 26.3 Å². The summed E-state index contributed by atoms with van der Waals surface area (Å²) in [6.45, 7) is 5.10. The number of hydrogen-bond donors (Lipinski definition) is 0. The first-order valence-electron chi connectivity index (χ1n) is 8.15. The minimum absolute atomic E-state index is 0.0515. The van der Waals surface area contributed by atoms with E-state index in [1.54, 1.807) is 7.11 Å². The van der Waals surface area contributed by atoms with Gasteiger partial charge >= 0.3 is 0 Å². The first-order valence-corrected chi connectivity index (χ1v) is 8.15. The molecule has 0 spiro atoms. The zero-order valence-electron chi connectivity index (χ0n) is 14.0. The molecule has 3 heteroatoms. The standard InChI is InChI=1S/C20H23NO2/c1-14(2)19-16-9-5-4-8-15(16)12-13-21(19)20(22)17-10-6-7-11-18(17)23-3/h4-11,14,19H,12-13H2,1-3H3. The SMILES string of the molecule is COc1ccccc1C(=O)N1CCc2ccccc2C1C(C)C. The number of para-hydroxylation sites is 1. The molecule has 1 unspecified atom stereocenters. The highest BCUT2D eigenvalue weighted by atomic mass is 16.5. The smallest absolute Gasteiger partial charge is 0.258 e. The number of methoxy groups -OCH3 is 1. The molecule has 0 N–H and O–H groups in total. The van der Waals surface area contributed by atoms with Crippen LogP contribution in [0.3, 0.4) is 0 Å².